The maximum atomic E-state index is 12.2. The quantitative estimate of drug-likeness (QED) is 0.851. The zero-order valence-corrected chi connectivity index (χ0v) is 15.2. The number of likely N-dealkylation sites (tertiary alicyclic amines) is 1. The van der Waals surface area contributed by atoms with E-state index in [-0.39, 0.29) is 18.0 Å². The minimum absolute atomic E-state index is 0.0435. The molecule has 0 aromatic carbocycles. The van der Waals surface area contributed by atoms with Crippen molar-refractivity contribution in [2.75, 3.05) is 13.1 Å². The molecule has 2 heterocycles. The van der Waals surface area contributed by atoms with Crippen molar-refractivity contribution in [1.29, 1.82) is 0 Å². The molecule has 7 heteroatoms. The molecular weight excluding hydrogens is 362 g/mol. The summed E-state index contributed by atoms with van der Waals surface area (Å²) >= 11 is 3.33. The van der Waals surface area contributed by atoms with Gasteiger partial charge < -0.3 is 15.0 Å². The number of hydrogen-bond donors (Lipinski definition) is 1. The lowest BCUT2D eigenvalue weighted by Gasteiger charge is -2.33. The molecule has 1 aliphatic rings. The molecule has 1 fully saturated rings. The molecule has 0 bridgehead atoms. The predicted octanol–water partition coefficient (Wildman–Crippen LogP) is 2.97. The molecule has 0 spiro atoms. The minimum atomic E-state index is -0.492. The van der Waals surface area contributed by atoms with Crippen molar-refractivity contribution < 1.29 is 14.3 Å². The average molecular weight is 384 g/mol. The number of pyridine rings is 1. The Labute approximate surface area is 144 Å². The third-order valence-corrected chi connectivity index (χ3v) is 3.93. The lowest BCUT2D eigenvalue weighted by molar-refractivity contribution is 0.0199. The van der Waals surface area contributed by atoms with Gasteiger partial charge in [-0.2, -0.15) is 0 Å². The average Bonchev–Trinajstić information content (AvgIpc) is 2.46. The van der Waals surface area contributed by atoms with Crippen LogP contribution in [0.25, 0.3) is 0 Å². The summed E-state index contributed by atoms with van der Waals surface area (Å²) in [6, 6.07) is 3.50. The van der Waals surface area contributed by atoms with Crippen LogP contribution in [-0.4, -0.2) is 46.6 Å². The fraction of sp³-hybridized carbons (Fsp3) is 0.562. The number of carbonyl (C=O) groups excluding carboxylic acids is 2. The SMILES string of the molecule is CC(C)(C)OC(=O)N1CCC(NC(=O)c2cc(Br)ccn2)CC1. The Morgan fingerprint density at radius 3 is 2.57 bits per heavy atom. The van der Waals surface area contributed by atoms with Crippen LogP contribution in [0.3, 0.4) is 0 Å². The number of hydrogen-bond acceptors (Lipinski definition) is 4. The molecule has 2 rings (SSSR count). The third-order valence-electron chi connectivity index (χ3n) is 3.44. The van der Waals surface area contributed by atoms with Gasteiger partial charge in [0.25, 0.3) is 5.91 Å². The molecule has 0 unspecified atom stereocenters. The molecule has 0 saturated carbocycles. The van der Waals surface area contributed by atoms with Gasteiger partial charge in [-0.1, -0.05) is 15.9 Å². The minimum Gasteiger partial charge on any atom is -0.444 e. The van der Waals surface area contributed by atoms with Crippen molar-refractivity contribution in [1.82, 2.24) is 15.2 Å². The molecular formula is C16H22BrN3O3. The fourth-order valence-electron chi connectivity index (χ4n) is 2.32. The summed E-state index contributed by atoms with van der Waals surface area (Å²) < 4.78 is 6.18. The van der Waals surface area contributed by atoms with Gasteiger partial charge in [0.05, 0.1) is 0 Å². The summed E-state index contributed by atoms with van der Waals surface area (Å²) in [5, 5.41) is 2.97. The molecule has 1 aromatic heterocycles. The number of nitrogens with one attached hydrogen (secondary N) is 1. The molecule has 1 aromatic rings. The van der Waals surface area contributed by atoms with Gasteiger partial charge >= 0.3 is 6.09 Å². The highest BCUT2D eigenvalue weighted by atomic mass is 79.9. The number of aromatic nitrogens is 1. The third kappa shape index (κ3) is 5.49. The van der Waals surface area contributed by atoms with Gasteiger partial charge in [0.2, 0.25) is 0 Å². The van der Waals surface area contributed by atoms with E-state index in [0.717, 1.165) is 4.47 Å². The van der Waals surface area contributed by atoms with Gasteiger partial charge in [0.1, 0.15) is 11.3 Å². The van der Waals surface area contributed by atoms with E-state index < -0.39 is 5.60 Å². The maximum absolute atomic E-state index is 12.2. The monoisotopic (exact) mass is 383 g/mol. The molecule has 126 valence electrons. The number of piperidine rings is 1. The van der Waals surface area contributed by atoms with E-state index in [2.05, 4.69) is 26.2 Å². The lowest BCUT2D eigenvalue weighted by Crippen LogP contribution is -2.47. The maximum Gasteiger partial charge on any atom is 0.410 e. The summed E-state index contributed by atoms with van der Waals surface area (Å²) in [4.78, 5) is 29.9. The first-order chi connectivity index (χ1) is 10.7. The number of ether oxygens (including phenoxy) is 1. The molecule has 0 aliphatic carbocycles. The second-order valence-electron chi connectivity index (χ2n) is 6.57. The van der Waals surface area contributed by atoms with Crippen LogP contribution in [0, 0.1) is 0 Å². The Balaban J connectivity index is 1.83. The molecule has 0 atom stereocenters. The summed E-state index contributed by atoms with van der Waals surface area (Å²) in [6.45, 7) is 6.70. The number of halogens is 1. The Morgan fingerprint density at radius 2 is 2.00 bits per heavy atom. The lowest BCUT2D eigenvalue weighted by atomic mass is 10.1. The van der Waals surface area contributed by atoms with Crippen LogP contribution in [0.1, 0.15) is 44.1 Å². The normalized spacial score (nSPS) is 16.1. The number of nitrogens with zero attached hydrogens (tertiary/aromatic N) is 2. The smallest absolute Gasteiger partial charge is 0.410 e. The highest BCUT2D eigenvalue weighted by Gasteiger charge is 2.27. The Morgan fingerprint density at radius 1 is 1.35 bits per heavy atom. The number of rotatable bonds is 2. The topological polar surface area (TPSA) is 71.5 Å². The van der Waals surface area contributed by atoms with Crippen molar-refractivity contribution in [3.05, 3.63) is 28.5 Å². The van der Waals surface area contributed by atoms with E-state index in [9.17, 15) is 9.59 Å². The van der Waals surface area contributed by atoms with Crippen LogP contribution >= 0.6 is 15.9 Å². The van der Waals surface area contributed by atoms with Crippen LogP contribution in [0.2, 0.25) is 0 Å². The first-order valence-electron chi connectivity index (χ1n) is 7.65. The molecule has 1 aliphatic heterocycles. The highest BCUT2D eigenvalue weighted by Crippen LogP contribution is 2.16. The zero-order valence-electron chi connectivity index (χ0n) is 13.6. The van der Waals surface area contributed by atoms with Gasteiger partial charge in [-0.05, 0) is 45.7 Å². The molecule has 1 N–H and O–H groups in total. The first kappa shape index (κ1) is 17.7. The van der Waals surface area contributed by atoms with Gasteiger partial charge in [0.15, 0.2) is 0 Å². The van der Waals surface area contributed by atoms with E-state index in [1.54, 1.807) is 23.2 Å². The second-order valence-corrected chi connectivity index (χ2v) is 7.49. The highest BCUT2D eigenvalue weighted by molar-refractivity contribution is 9.10. The van der Waals surface area contributed by atoms with E-state index >= 15 is 0 Å². The molecule has 23 heavy (non-hydrogen) atoms. The summed E-state index contributed by atoms with van der Waals surface area (Å²) in [5.74, 6) is -0.193. The zero-order chi connectivity index (χ0) is 17.0. The molecule has 6 nitrogen and oxygen atoms in total. The van der Waals surface area contributed by atoms with E-state index in [1.807, 2.05) is 20.8 Å². The summed E-state index contributed by atoms with van der Waals surface area (Å²) in [5.41, 5.74) is -0.108. The van der Waals surface area contributed by atoms with Crippen LogP contribution in [-0.2, 0) is 4.74 Å². The first-order valence-corrected chi connectivity index (χ1v) is 8.44. The Kier molecular flexibility index (Phi) is 5.62. The van der Waals surface area contributed by atoms with Gasteiger partial charge in [-0.25, -0.2) is 4.79 Å². The molecule has 2 amide bonds. The summed E-state index contributed by atoms with van der Waals surface area (Å²) in [6.07, 6.45) is 2.71. The number of carbonyl (C=O) groups is 2. The van der Waals surface area contributed by atoms with Gasteiger partial charge in [0, 0.05) is 29.8 Å². The Bertz CT molecular complexity index is 578. The number of amides is 2. The van der Waals surface area contributed by atoms with E-state index in [4.69, 9.17) is 4.74 Å². The van der Waals surface area contributed by atoms with Crippen molar-refractivity contribution in [2.24, 2.45) is 0 Å². The standard InChI is InChI=1S/C16H22BrN3O3/c1-16(2,3)23-15(22)20-8-5-12(6-9-20)19-14(21)13-10-11(17)4-7-18-13/h4,7,10,12H,5-6,8-9H2,1-3H3,(H,19,21). The summed E-state index contributed by atoms with van der Waals surface area (Å²) in [7, 11) is 0. The van der Waals surface area contributed by atoms with Crippen LogP contribution in [0.15, 0.2) is 22.8 Å². The van der Waals surface area contributed by atoms with Gasteiger partial charge in [-0.15, -0.1) is 0 Å². The molecule has 1 saturated heterocycles. The van der Waals surface area contributed by atoms with Crippen LogP contribution < -0.4 is 5.32 Å². The van der Waals surface area contributed by atoms with Crippen LogP contribution in [0.5, 0.6) is 0 Å². The van der Waals surface area contributed by atoms with Crippen molar-refractivity contribution in [3.8, 4) is 0 Å². The predicted molar refractivity (Wildman–Crippen MR) is 90.2 cm³/mol. The van der Waals surface area contributed by atoms with E-state index in [1.165, 1.54) is 0 Å². The largest absolute Gasteiger partial charge is 0.444 e. The van der Waals surface area contributed by atoms with Crippen molar-refractivity contribution in [2.45, 2.75) is 45.3 Å². The molecule has 0 radical (unpaired) electrons. The van der Waals surface area contributed by atoms with E-state index in [0.29, 0.717) is 31.6 Å². The van der Waals surface area contributed by atoms with Crippen molar-refractivity contribution in [3.63, 3.8) is 0 Å². The van der Waals surface area contributed by atoms with Crippen LogP contribution in [0.4, 0.5) is 4.79 Å². The van der Waals surface area contributed by atoms with Crippen molar-refractivity contribution >= 4 is 27.9 Å². The second kappa shape index (κ2) is 7.29. The Hall–Kier alpha value is -1.63. The fourth-order valence-corrected chi connectivity index (χ4v) is 2.66. The van der Waals surface area contributed by atoms with Gasteiger partial charge in [-0.3, -0.25) is 9.78 Å².